The van der Waals surface area contributed by atoms with Gasteiger partial charge in [-0.05, 0) is 42.2 Å². The molecule has 0 radical (unpaired) electrons. The van der Waals surface area contributed by atoms with E-state index in [1.54, 1.807) is 23.4 Å². The fraction of sp³-hybridized carbons (Fsp3) is 0.333. The summed E-state index contributed by atoms with van der Waals surface area (Å²) in [6.45, 7) is 4.06. The standard InChI is InChI=1S/C18H20FN3/c1-11-6-12(2)15(10-21-9-11)14-7-13-4-5-18(20)22(3)17(13)8-16(14)19/h6-10,12,20H,4-5H2,1-3H3. The molecule has 0 fully saturated rings. The van der Waals surface area contributed by atoms with E-state index in [1.807, 2.05) is 20.0 Å². The molecule has 2 heterocycles. The molecule has 0 amide bonds. The van der Waals surface area contributed by atoms with Crippen molar-refractivity contribution in [1.82, 2.24) is 0 Å². The van der Waals surface area contributed by atoms with E-state index in [0.29, 0.717) is 17.8 Å². The molecule has 3 nitrogen and oxygen atoms in total. The maximum Gasteiger partial charge on any atom is 0.132 e. The summed E-state index contributed by atoms with van der Waals surface area (Å²) >= 11 is 0. The fourth-order valence-electron chi connectivity index (χ4n) is 3.10. The highest BCUT2D eigenvalue weighted by Crippen LogP contribution is 2.35. The average molecular weight is 297 g/mol. The summed E-state index contributed by atoms with van der Waals surface area (Å²) in [7, 11) is 1.82. The first-order valence-corrected chi connectivity index (χ1v) is 7.53. The lowest BCUT2D eigenvalue weighted by Gasteiger charge is -2.29. The van der Waals surface area contributed by atoms with Crippen molar-refractivity contribution in [3.63, 3.8) is 0 Å². The number of anilines is 1. The van der Waals surface area contributed by atoms with Crippen LogP contribution in [0.2, 0.25) is 0 Å². The van der Waals surface area contributed by atoms with Crippen molar-refractivity contribution in [2.24, 2.45) is 10.9 Å². The Morgan fingerprint density at radius 1 is 1.32 bits per heavy atom. The number of allylic oxidation sites excluding steroid dienone is 3. The number of fused-ring (bicyclic) bond motifs is 1. The molecular weight excluding hydrogens is 277 g/mol. The molecule has 1 N–H and O–H groups in total. The van der Waals surface area contributed by atoms with Crippen LogP contribution >= 0.6 is 0 Å². The van der Waals surface area contributed by atoms with Crippen LogP contribution in [0, 0.1) is 17.1 Å². The molecule has 0 saturated heterocycles. The Kier molecular flexibility index (Phi) is 3.69. The minimum absolute atomic E-state index is 0.120. The highest BCUT2D eigenvalue weighted by molar-refractivity contribution is 5.98. The summed E-state index contributed by atoms with van der Waals surface area (Å²) < 4.78 is 14.7. The number of aryl methyl sites for hydroxylation is 1. The smallest absolute Gasteiger partial charge is 0.132 e. The van der Waals surface area contributed by atoms with Crippen LogP contribution in [0.1, 0.15) is 31.4 Å². The molecule has 0 aromatic heterocycles. The maximum absolute atomic E-state index is 14.7. The van der Waals surface area contributed by atoms with Crippen LogP contribution in [-0.2, 0) is 6.42 Å². The number of halogens is 1. The number of benzene rings is 1. The Morgan fingerprint density at radius 2 is 2.09 bits per heavy atom. The molecular formula is C18H20FN3. The number of aliphatic imine (C=N–C) groups is 1. The van der Waals surface area contributed by atoms with E-state index in [1.165, 1.54) is 0 Å². The summed E-state index contributed by atoms with van der Waals surface area (Å²) in [6, 6.07) is 3.48. The van der Waals surface area contributed by atoms with Crippen LogP contribution in [0.5, 0.6) is 0 Å². The summed E-state index contributed by atoms with van der Waals surface area (Å²) in [4.78, 5) is 6.04. The largest absolute Gasteiger partial charge is 0.333 e. The second-order valence-corrected chi connectivity index (χ2v) is 6.03. The zero-order valence-corrected chi connectivity index (χ0v) is 13.2. The van der Waals surface area contributed by atoms with Crippen molar-refractivity contribution in [3.8, 4) is 0 Å². The number of nitrogens with zero attached hydrogens (tertiary/aromatic N) is 2. The summed E-state index contributed by atoms with van der Waals surface area (Å²) in [5.41, 5.74) is 4.50. The van der Waals surface area contributed by atoms with Crippen molar-refractivity contribution in [2.75, 3.05) is 11.9 Å². The van der Waals surface area contributed by atoms with Gasteiger partial charge in [0.25, 0.3) is 0 Å². The predicted molar refractivity (Wildman–Crippen MR) is 90.2 cm³/mol. The van der Waals surface area contributed by atoms with Crippen LogP contribution < -0.4 is 4.90 Å². The lowest BCUT2D eigenvalue weighted by Crippen LogP contribution is -2.30. The lowest BCUT2D eigenvalue weighted by molar-refractivity contribution is 0.620. The molecule has 1 aromatic carbocycles. The van der Waals surface area contributed by atoms with Crippen LogP contribution in [0.15, 0.2) is 35.0 Å². The zero-order valence-electron chi connectivity index (χ0n) is 13.2. The molecule has 0 bridgehead atoms. The average Bonchev–Trinajstić information content (AvgIpc) is 2.64. The molecule has 1 aromatic rings. The van der Waals surface area contributed by atoms with Crippen molar-refractivity contribution in [3.05, 3.63) is 46.9 Å². The minimum Gasteiger partial charge on any atom is -0.333 e. The first-order chi connectivity index (χ1) is 10.5. The number of hydrogen-bond donors (Lipinski definition) is 1. The Balaban J connectivity index is 2.08. The first kappa shape index (κ1) is 14.7. The van der Waals surface area contributed by atoms with E-state index >= 15 is 0 Å². The van der Waals surface area contributed by atoms with Crippen molar-refractivity contribution in [1.29, 1.82) is 5.41 Å². The fourth-order valence-corrected chi connectivity index (χ4v) is 3.10. The molecule has 1 atom stereocenters. The van der Waals surface area contributed by atoms with Gasteiger partial charge in [-0.1, -0.05) is 13.0 Å². The van der Waals surface area contributed by atoms with Crippen molar-refractivity contribution >= 4 is 23.3 Å². The second kappa shape index (κ2) is 5.52. The van der Waals surface area contributed by atoms with E-state index in [2.05, 4.69) is 18.0 Å². The Bertz CT molecular complexity index is 728. The van der Waals surface area contributed by atoms with Crippen LogP contribution in [-0.4, -0.2) is 19.1 Å². The SMILES string of the molecule is CC1=CC(C)C(c2cc3c(cc2F)N(C)C(=N)CC3)=CN=C1. The first-order valence-electron chi connectivity index (χ1n) is 7.53. The van der Waals surface area contributed by atoms with Gasteiger partial charge in [0, 0.05) is 43.1 Å². The third-order valence-corrected chi connectivity index (χ3v) is 4.37. The molecule has 114 valence electrons. The summed E-state index contributed by atoms with van der Waals surface area (Å²) in [5.74, 6) is 0.404. The van der Waals surface area contributed by atoms with E-state index in [4.69, 9.17) is 5.41 Å². The topological polar surface area (TPSA) is 39.5 Å². The van der Waals surface area contributed by atoms with Gasteiger partial charge in [0.05, 0.1) is 0 Å². The molecule has 0 aliphatic carbocycles. The highest BCUT2D eigenvalue weighted by atomic mass is 19.1. The highest BCUT2D eigenvalue weighted by Gasteiger charge is 2.23. The lowest BCUT2D eigenvalue weighted by atomic mass is 9.90. The molecule has 0 saturated carbocycles. The third kappa shape index (κ3) is 2.49. The van der Waals surface area contributed by atoms with Gasteiger partial charge in [0.2, 0.25) is 0 Å². The Hall–Kier alpha value is -2.23. The number of nitrogens with one attached hydrogen (secondary N) is 1. The predicted octanol–water partition coefficient (Wildman–Crippen LogP) is 4.19. The van der Waals surface area contributed by atoms with Gasteiger partial charge in [-0.25, -0.2) is 4.39 Å². The minimum atomic E-state index is -0.249. The maximum atomic E-state index is 14.7. The summed E-state index contributed by atoms with van der Waals surface area (Å²) in [6.07, 6.45) is 7.14. The number of hydrogen-bond acceptors (Lipinski definition) is 2. The zero-order chi connectivity index (χ0) is 15.9. The molecule has 0 spiro atoms. The Morgan fingerprint density at radius 3 is 2.86 bits per heavy atom. The van der Waals surface area contributed by atoms with Crippen molar-refractivity contribution in [2.45, 2.75) is 26.7 Å². The van der Waals surface area contributed by atoms with Gasteiger partial charge in [0.15, 0.2) is 0 Å². The van der Waals surface area contributed by atoms with E-state index < -0.39 is 0 Å². The normalized spacial score (nSPS) is 21.2. The number of amidine groups is 1. The molecule has 1 unspecified atom stereocenters. The van der Waals surface area contributed by atoms with Gasteiger partial charge in [-0.3, -0.25) is 10.4 Å². The van der Waals surface area contributed by atoms with Crippen LogP contribution in [0.25, 0.3) is 5.57 Å². The third-order valence-electron chi connectivity index (χ3n) is 4.37. The van der Waals surface area contributed by atoms with Gasteiger partial charge >= 0.3 is 0 Å². The quantitative estimate of drug-likeness (QED) is 0.829. The van der Waals surface area contributed by atoms with E-state index in [0.717, 1.165) is 28.8 Å². The monoisotopic (exact) mass is 297 g/mol. The summed E-state index contributed by atoms with van der Waals surface area (Å²) in [5, 5.41) is 7.89. The van der Waals surface area contributed by atoms with E-state index in [9.17, 15) is 4.39 Å². The second-order valence-electron chi connectivity index (χ2n) is 6.03. The molecule has 4 heteroatoms. The molecule has 2 aliphatic heterocycles. The molecule has 3 rings (SSSR count). The number of rotatable bonds is 1. The van der Waals surface area contributed by atoms with Gasteiger partial charge in [-0.15, -0.1) is 0 Å². The van der Waals surface area contributed by atoms with Crippen LogP contribution in [0.3, 0.4) is 0 Å². The van der Waals surface area contributed by atoms with Gasteiger partial charge < -0.3 is 4.90 Å². The van der Waals surface area contributed by atoms with Gasteiger partial charge in [0.1, 0.15) is 11.7 Å². The van der Waals surface area contributed by atoms with Crippen molar-refractivity contribution < 1.29 is 4.39 Å². The Labute approximate surface area is 130 Å². The van der Waals surface area contributed by atoms with Gasteiger partial charge in [-0.2, -0.15) is 0 Å². The molecule has 22 heavy (non-hydrogen) atoms. The van der Waals surface area contributed by atoms with Crippen LogP contribution in [0.4, 0.5) is 10.1 Å². The molecule has 2 aliphatic rings. The van der Waals surface area contributed by atoms with E-state index in [-0.39, 0.29) is 11.7 Å².